The van der Waals surface area contributed by atoms with E-state index in [1.54, 1.807) is 12.2 Å². The summed E-state index contributed by atoms with van der Waals surface area (Å²) < 4.78 is 5.61. The van der Waals surface area contributed by atoms with E-state index in [2.05, 4.69) is 53.7 Å². The van der Waals surface area contributed by atoms with Gasteiger partial charge in [-0.25, -0.2) is 0 Å². The lowest BCUT2D eigenvalue weighted by atomic mass is 9.62. The lowest BCUT2D eigenvalue weighted by molar-refractivity contribution is -0.125. The summed E-state index contributed by atoms with van der Waals surface area (Å²) in [7, 11) is 0. The monoisotopic (exact) mass is 484 g/mol. The van der Waals surface area contributed by atoms with Crippen molar-refractivity contribution in [2.24, 2.45) is 34.5 Å². The van der Waals surface area contributed by atoms with Gasteiger partial charge < -0.3 is 4.74 Å². The van der Waals surface area contributed by atoms with E-state index in [0.29, 0.717) is 24.0 Å². The first-order chi connectivity index (χ1) is 14.9. The van der Waals surface area contributed by atoms with Crippen LogP contribution in [0.1, 0.15) is 68.2 Å². The first-order valence-corrected chi connectivity index (χ1v) is 12.7. The molecular weight excluding hydrogens is 443 g/mol. The van der Waals surface area contributed by atoms with Crippen molar-refractivity contribution in [1.29, 1.82) is 0 Å². The molecule has 1 saturated carbocycles. The maximum Gasteiger partial charge on any atom is 0.159 e. The number of carbonyl (C=O) groups excluding carboxylic acids is 2. The first kappa shape index (κ1) is 29.1. The van der Waals surface area contributed by atoms with Crippen LogP contribution in [-0.4, -0.2) is 29.1 Å². The van der Waals surface area contributed by atoms with Gasteiger partial charge in [0.2, 0.25) is 0 Å². The van der Waals surface area contributed by atoms with Crippen LogP contribution in [0.4, 0.5) is 0 Å². The van der Waals surface area contributed by atoms with Crippen LogP contribution in [0.15, 0.2) is 36.5 Å². The lowest BCUT2D eigenvalue weighted by Gasteiger charge is -2.39. The number of rotatable bonds is 4. The quantitative estimate of drug-likeness (QED) is 0.181. The highest BCUT2D eigenvalue weighted by Gasteiger charge is 2.57. The van der Waals surface area contributed by atoms with Crippen molar-refractivity contribution >= 4 is 34.8 Å². The maximum absolute atomic E-state index is 12.0. The molecule has 182 valence electrons. The number of alkyl halides is 2. The standard InChI is InChI=1S/C13H20O2.C13H20O.CH2Cl2/c1-5-6-9(14)11-8(2)12-10(15-12)7-13(11,3)4;1-5-7-11(14)12-10(2)8-6-9-13(12,3)4;2-1-3/h5-6,8,10-12H,7H2,1-4H3;5-8,10,12H,9H2,1-4H3;1H2/b6-5+;7-5+;. The Hall–Kier alpha value is -0.900. The minimum atomic E-state index is 0.0771. The number of hydrogen-bond acceptors (Lipinski definition) is 3. The number of allylic oxidation sites excluding steroid dienone is 6. The SMILES string of the molecule is C/C=C/C(=O)C1C(C)C2OC2CC1(C)C.C/C=C/C(=O)C1C(C)C=CCC1(C)C.ClCCl. The molecule has 1 saturated heterocycles. The van der Waals surface area contributed by atoms with E-state index >= 15 is 0 Å². The minimum absolute atomic E-state index is 0.0771. The van der Waals surface area contributed by atoms with Crippen LogP contribution < -0.4 is 0 Å². The summed E-state index contributed by atoms with van der Waals surface area (Å²) in [4.78, 5) is 23.9. The summed E-state index contributed by atoms with van der Waals surface area (Å²) in [5.41, 5.74) is 0.179. The molecule has 2 fully saturated rings. The largest absolute Gasteiger partial charge is 0.369 e. The Morgan fingerprint density at radius 1 is 0.969 bits per heavy atom. The normalized spacial score (nSPS) is 34.1. The van der Waals surface area contributed by atoms with Crippen molar-refractivity contribution in [1.82, 2.24) is 0 Å². The van der Waals surface area contributed by atoms with Gasteiger partial charge in [-0.1, -0.05) is 65.8 Å². The van der Waals surface area contributed by atoms with Gasteiger partial charge in [0.1, 0.15) is 0 Å². The number of carbonyl (C=O) groups is 2. The van der Waals surface area contributed by atoms with Gasteiger partial charge in [0.15, 0.2) is 11.6 Å². The number of hydrogen-bond donors (Lipinski definition) is 0. The molecule has 0 N–H and O–H groups in total. The van der Waals surface area contributed by atoms with E-state index < -0.39 is 0 Å². The maximum atomic E-state index is 12.0. The van der Waals surface area contributed by atoms with Gasteiger partial charge in [0.25, 0.3) is 0 Å². The zero-order chi connectivity index (χ0) is 24.7. The van der Waals surface area contributed by atoms with E-state index in [1.165, 1.54) is 0 Å². The molecule has 3 nitrogen and oxygen atoms in total. The molecule has 0 amide bonds. The molecule has 2 aliphatic carbocycles. The summed E-state index contributed by atoms with van der Waals surface area (Å²) in [5, 5.41) is 0.194. The van der Waals surface area contributed by atoms with Gasteiger partial charge in [0.05, 0.1) is 17.5 Å². The van der Waals surface area contributed by atoms with Gasteiger partial charge >= 0.3 is 0 Å². The highest BCUT2D eigenvalue weighted by molar-refractivity contribution is 6.40. The van der Waals surface area contributed by atoms with Gasteiger partial charge in [-0.2, -0.15) is 0 Å². The summed E-state index contributed by atoms with van der Waals surface area (Å²) in [6, 6.07) is 0. The molecule has 1 aliphatic heterocycles. The van der Waals surface area contributed by atoms with Gasteiger partial charge in [-0.3, -0.25) is 9.59 Å². The third kappa shape index (κ3) is 7.57. The fourth-order valence-corrected chi connectivity index (χ4v) is 5.69. The fraction of sp³-hybridized carbons (Fsp3) is 0.704. The molecule has 32 heavy (non-hydrogen) atoms. The second kappa shape index (κ2) is 12.5. The molecule has 0 radical (unpaired) electrons. The van der Waals surface area contributed by atoms with Crippen LogP contribution in [0.3, 0.4) is 0 Å². The third-order valence-corrected chi connectivity index (χ3v) is 6.96. The molecule has 3 rings (SSSR count). The lowest BCUT2D eigenvalue weighted by Crippen LogP contribution is -2.42. The summed E-state index contributed by atoms with van der Waals surface area (Å²) in [6.07, 6.45) is 14.3. The summed E-state index contributed by atoms with van der Waals surface area (Å²) in [6.45, 7) is 16.8. The van der Waals surface area contributed by atoms with Crippen molar-refractivity contribution in [3.8, 4) is 0 Å². The number of ether oxygens (including phenoxy) is 1. The zero-order valence-corrected chi connectivity index (χ0v) is 22.5. The highest BCUT2D eigenvalue weighted by atomic mass is 35.5. The van der Waals surface area contributed by atoms with E-state index in [9.17, 15) is 9.59 Å². The third-order valence-electron chi connectivity index (χ3n) is 6.96. The molecule has 0 aromatic carbocycles. The minimum Gasteiger partial charge on any atom is -0.369 e. The van der Waals surface area contributed by atoms with Crippen LogP contribution in [0, 0.1) is 34.5 Å². The summed E-state index contributed by atoms with van der Waals surface area (Å²) in [5.74, 6) is 1.53. The molecule has 0 spiro atoms. The van der Waals surface area contributed by atoms with Crippen molar-refractivity contribution in [3.05, 3.63) is 36.5 Å². The Morgan fingerprint density at radius 3 is 1.94 bits per heavy atom. The van der Waals surface area contributed by atoms with E-state index in [-0.39, 0.29) is 39.6 Å². The average Bonchev–Trinajstić information content (AvgIpc) is 3.41. The van der Waals surface area contributed by atoms with E-state index in [0.717, 1.165) is 12.8 Å². The number of epoxide rings is 1. The van der Waals surface area contributed by atoms with Crippen LogP contribution in [0.2, 0.25) is 0 Å². The van der Waals surface area contributed by atoms with Gasteiger partial charge in [-0.15, -0.1) is 23.2 Å². The van der Waals surface area contributed by atoms with Crippen molar-refractivity contribution in [3.63, 3.8) is 0 Å². The molecular formula is C27H42Cl2O3. The molecule has 0 aromatic heterocycles. The molecule has 0 bridgehead atoms. The highest BCUT2D eigenvalue weighted by Crippen LogP contribution is 2.53. The molecule has 6 unspecified atom stereocenters. The Bertz CT molecular complexity index is 720. The Kier molecular flexibility index (Phi) is 11.4. The van der Waals surface area contributed by atoms with Gasteiger partial charge in [0, 0.05) is 11.8 Å². The van der Waals surface area contributed by atoms with Crippen LogP contribution in [0.5, 0.6) is 0 Å². The summed E-state index contributed by atoms with van der Waals surface area (Å²) >= 11 is 9.53. The average molecular weight is 486 g/mol. The van der Waals surface area contributed by atoms with Crippen LogP contribution in [0.25, 0.3) is 0 Å². The Morgan fingerprint density at radius 2 is 1.47 bits per heavy atom. The zero-order valence-electron chi connectivity index (χ0n) is 21.0. The first-order valence-electron chi connectivity index (χ1n) is 11.6. The predicted octanol–water partition coefficient (Wildman–Crippen LogP) is 7.37. The fourth-order valence-electron chi connectivity index (χ4n) is 5.69. The number of ketones is 2. The van der Waals surface area contributed by atoms with Crippen LogP contribution in [-0.2, 0) is 14.3 Å². The van der Waals surface area contributed by atoms with E-state index in [4.69, 9.17) is 27.9 Å². The van der Waals surface area contributed by atoms with Crippen molar-refractivity contribution in [2.75, 3.05) is 5.34 Å². The second-order valence-corrected chi connectivity index (χ2v) is 11.3. The number of fused-ring (bicyclic) bond motifs is 1. The van der Waals surface area contributed by atoms with Crippen molar-refractivity contribution in [2.45, 2.75) is 80.4 Å². The van der Waals surface area contributed by atoms with Crippen molar-refractivity contribution < 1.29 is 14.3 Å². The Balaban J connectivity index is 0.000000286. The topological polar surface area (TPSA) is 46.7 Å². The molecule has 0 aromatic rings. The van der Waals surface area contributed by atoms with Gasteiger partial charge in [-0.05, 0) is 61.5 Å². The molecule has 5 heteroatoms. The molecule has 1 heterocycles. The smallest absolute Gasteiger partial charge is 0.159 e. The van der Waals surface area contributed by atoms with Crippen LogP contribution >= 0.6 is 23.2 Å². The second-order valence-electron chi connectivity index (χ2n) is 10.5. The van der Waals surface area contributed by atoms with E-state index in [1.807, 2.05) is 26.0 Å². The molecule has 6 atom stereocenters. The Labute approximate surface area is 205 Å². The predicted molar refractivity (Wildman–Crippen MR) is 136 cm³/mol. The molecule has 3 aliphatic rings. The number of halogens is 2.